The fraction of sp³-hybridized carbons (Fsp3) is 0.263. The monoisotopic (exact) mass is 414 g/mol. The van der Waals surface area contributed by atoms with Crippen LogP contribution >= 0.6 is 22.9 Å². The third kappa shape index (κ3) is 4.06. The largest absolute Gasteiger partial charge is 0.470 e. The molecule has 1 aliphatic rings. The minimum Gasteiger partial charge on any atom is -0.426 e. The molecular weight excluding hydrogens is 395 g/mol. The second-order valence-electron chi connectivity index (χ2n) is 6.54. The number of aromatic nitrogens is 2. The standard InChI is InChI=1S/C19H20BClN4O2S/c1-3-14-11(2)23-18(15-8-9-16(21)28-15)25-17(14)24-13-6-4-12(5-7-13)19-22-10-20(26)27-19/h4-9,19,22,26H,3,10H2,1-2H3,(H,23,24,25). The van der Waals surface area contributed by atoms with E-state index in [9.17, 15) is 5.02 Å². The highest BCUT2D eigenvalue weighted by molar-refractivity contribution is 7.19. The maximum Gasteiger partial charge on any atom is 0.470 e. The first-order valence-electron chi connectivity index (χ1n) is 9.10. The average molecular weight is 415 g/mol. The summed E-state index contributed by atoms with van der Waals surface area (Å²) in [6, 6.07) is 11.7. The van der Waals surface area contributed by atoms with Crippen LogP contribution in [0.1, 0.15) is 30.0 Å². The van der Waals surface area contributed by atoms with E-state index < -0.39 is 7.12 Å². The fourth-order valence-electron chi connectivity index (χ4n) is 3.20. The Morgan fingerprint density at radius 2 is 2.07 bits per heavy atom. The maximum absolute atomic E-state index is 9.50. The number of aryl methyl sites for hydroxylation is 1. The minimum absolute atomic E-state index is 0.285. The van der Waals surface area contributed by atoms with Crippen molar-refractivity contribution in [3.05, 3.63) is 57.6 Å². The summed E-state index contributed by atoms with van der Waals surface area (Å²) in [4.78, 5) is 10.3. The van der Waals surface area contributed by atoms with Gasteiger partial charge in [0, 0.05) is 23.4 Å². The molecule has 1 aliphatic heterocycles. The number of halogens is 1. The quantitative estimate of drug-likeness (QED) is 0.545. The van der Waals surface area contributed by atoms with Gasteiger partial charge in [-0.1, -0.05) is 30.7 Å². The second kappa shape index (κ2) is 8.18. The van der Waals surface area contributed by atoms with Gasteiger partial charge in [-0.3, -0.25) is 5.32 Å². The molecule has 144 valence electrons. The van der Waals surface area contributed by atoms with Gasteiger partial charge in [0.2, 0.25) is 0 Å². The van der Waals surface area contributed by atoms with E-state index in [1.807, 2.05) is 43.3 Å². The summed E-state index contributed by atoms with van der Waals surface area (Å²) in [5, 5.41) is 16.0. The third-order valence-corrected chi connectivity index (χ3v) is 5.84. The smallest absolute Gasteiger partial charge is 0.426 e. The molecule has 2 aromatic heterocycles. The lowest BCUT2D eigenvalue weighted by Gasteiger charge is -2.15. The number of thiophene rings is 1. The summed E-state index contributed by atoms with van der Waals surface area (Å²) in [6.45, 7) is 4.10. The zero-order valence-corrected chi connectivity index (χ0v) is 17.1. The van der Waals surface area contributed by atoms with Crippen LogP contribution in [0.5, 0.6) is 0 Å². The number of hydrogen-bond acceptors (Lipinski definition) is 7. The van der Waals surface area contributed by atoms with Crippen molar-refractivity contribution in [2.45, 2.75) is 26.5 Å². The number of benzene rings is 1. The topological polar surface area (TPSA) is 79.3 Å². The Morgan fingerprint density at radius 3 is 2.68 bits per heavy atom. The van der Waals surface area contributed by atoms with Gasteiger partial charge in [0.15, 0.2) is 5.82 Å². The molecule has 3 heterocycles. The Kier molecular flexibility index (Phi) is 5.66. The summed E-state index contributed by atoms with van der Waals surface area (Å²) < 4.78 is 6.13. The van der Waals surface area contributed by atoms with E-state index >= 15 is 0 Å². The molecule has 28 heavy (non-hydrogen) atoms. The van der Waals surface area contributed by atoms with Gasteiger partial charge in [-0.15, -0.1) is 11.3 Å². The number of nitrogens with one attached hydrogen (secondary N) is 2. The zero-order chi connectivity index (χ0) is 19.7. The van der Waals surface area contributed by atoms with Crippen molar-refractivity contribution in [3.8, 4) is 10.7 Å². The molecule has 0 spiro atoms. The highest BCUT2D eigenvalue weighted by atomic mass is 35.5. The second-order valence-corrected chi connectivity index (χ2v) is 8.26. The molecule has 0 saturated carbocycles. The van der Waals surface area contributed by atoms with Crippen LogP contribution in [0, 0.1) is 6.92 Å². The van der Waals surface area contributed by atoms with Crippen LogP contribution in [-0.2, 0) is 11.1 Å². The lowest BCUT2D eigenvalue weighted by molar-refractivity contribution is 0.186. The van der Waals surface area contributed by atoms with Crippen LogP contribution < -0.4 is 10.6 Å². The molecule has 1 fully saturated rings. The van der Waals surface area contributed by atoms with E-state index in [1.54, 1.807) is 0 Å². The molecule has 0 radical (unpaired) electrons. The van der Waals surface area contributed by atoms with Gasteiger partial charge in [-0.2, -0.15) is 0 Å². The van der Waals surface area contributed by atoms with E-state index in [-0.39, 0.29) is 6.23 Å². The van der Waals surface area contributed by atoms with Crippen LogP contribution in [0.4, 0.5) is 11.5 Å². The molecule has 0 amide bonds. The van der Waals surface area contributed by atoms with Crippen molar-refractivity contribution >= 4 is 41.6 Å². The molecule has 1 saturated heterocycles. The van der Waals surface area contributed by atoms with Crippen molar-refractivity contribution < 1.29 is 9.68 Å². The van der Waals surface area contributed by atoms with Crippen molar-refractivity contribution in [3.63, 3.8) is 0 Å². The summed E-state index contributed by atoms with van der Waals surface area (Å²) in [7, 11) is -0.761. The molecule has 1 atom stereocenters. The van der Waals surface area contributed by atoms with E-state index in [2.05, 4.69) is 22.5 Å². The minimum atomic E-state index is -0.761. The van der Waals surface area contributed by atoms with Gasteiger partial charge < -0.3 is 15.0 Å². The van der Waals surface area contributed by atoms with Crippen molar-refractivity contribution in [1.29, 1.82) is 0 Å². The summed E-state index contributed by atoms with van der Waals surface area (Å²) in [6.07, 6.45) is 0.974. The molecule has 1 unspecified atom stereocenters. The molecule has 6 nitrogen and oxygen atoms in total. The van der Waals surface area contributed by atoms with Gasteiger partial charge in [-0.25, -0.2) is 9.97 Å². The van der Waals surface area contributed by atoms with Crippen LogP contribution in [0.15, 0.2) is 36.4 Å². The Labute approximate surface area is 173 Å². The van der Waals surface area contributed by atoms with Crippen molar-refractivity contribution in [2.75, 3.05) is 11.8 Å². The summed E-state index contributed by atoms with van der Waals surface area (Å²) in [5.74, 6) is 1.47. The average Bonchev–Trinajstić information content (AvgIpc) is 3.31. The molecule has 3 aromatic rings. The maximum atomic E-state index is 9.50. The first-order chi connectivity index (χ1) is 13.5. The Balaban J connectivity index is 1.60. The number of nitrogens with zero attached hydrogens (tertiary/aromatic N) is 2. The Hall–Kier alpha value is -1.97. The molecule has 4 rings (SSSR count). The highest BCUT2D eigenvalue weighted by Gasteiger charge is 2.28. The lowest BCUT2D eigenvalue weighted by Crippen LogP contribution is -2.18. The molecule has 9 heteroatoms. The summed E-state index contributed by atoms with van der Waals surface area (Å²) >= 11 is 7.54. The number of hydrogen-bond donors (Lipinski definition) is 3. The van der Waals surface area contributed by atoms with Gasteiger partial charge in [-0.05, 0) is 43.2 Å². The van der Waals surface area contributed by atoms with Crippen LogP contribution in [0.3, 0.4) is 0 Å². The van der Waals surface area contributed by atoms with Crippen LogP contribution in [0.25, 0.3) is 10.7 Å². The van der Waals surface area contributed by atoms with Crippen molar-refractivity contribution in [2.24, 2.45) is 0 Å². The van der Waals surface area contributed by atoms with Crippen LogP contribution in [0.2, 0.25) is 4.34 Å². The predicted molar refractivity (Wildman–Crippen MR) is 114 cm³/mol. The van der Waals surface area contributed by atoms with E-state index in [0.29, 0.717) is 16.6 Å². The molecule has 0 aliphatic carbocycles. The molecule has 3 N–H and O–H groups in total. The van der Waals surface area contributed by atoms with Crippen molar-refractivity contribution in [1.82, 2.24) is 15.3 Å². The van der Waals surface area contributed by atoms with Gasteiger partial charge >= 0.3 is 7.12 Å². The first kappa shape index (κ1) is 19.4. The SMILES string of the molecule is CCc1c(C)nc(-c2ccc(Cl)s2)nc1Nc1ccc(C2NCB(O)O2)cc1. The number of anilines is 2. The zero-order valence-electron chi connectivity index (χ0n) is 15.6. The van der Waals surface area contributed by atoms with E-state index in [0.717, 1.165) is 39.6 Å². The molecule has 0 bridgehead atoms. The third-order valence-electron chi connectivity index (χ3n) is 4.61. The van der Waals surface area contributed by atoms with Gasteiger partial charge in [0.05, 0.1) is 9.21 Å². The Morgan fingerprint density at radius 1 is 1.29 bits per heavy atom. The Bertz CT molecular complexity index is 983. The van der Waals surface area contributed by atoms with Gasteiger partial charge in [0.1, 0.15) is 12.0 Å². The predicted octanol–water partition coefficient (Wildman–Crippen LogP) is 4.11. The fourth-order valence-corrected chi connectivity index (χ4v) is 4.18. The molecule has 1 aromatic carbocycles. The van der Waals surface area contributed by atoms with Crippen LogP contribution in [-0.4, -0.2) is 28.6 Å². The lowest BCUT2D eigenvalue weighted by atomic mass is 9.94. The number of rotatable bonds is 5. The summed E-state index contributed by atoms with van der Waals surface area (Å²) in [5.41, 5.74) is 3.92. The molecular formula is C19H20BClN4O2S. The van der Waals surface area contributed by atoms with Gasteiger partial charge in [0.25, 0.3) is 0 Å². The first-order valence-corrected chi connectivity index (χ1v) is 10.3. The van der Waals surface area contributed by atoms with E-state index in [4.69, 9.17) is 21.2 Å². The van der Waals surface area contributed by atoms with E-state index in [1.165, 1.54) is 11.3 Å². The highest BCUT2D eigenvalue weighted by Crippen LogP contribution is 2.32. The normalized spacial score (nSPS) is 16.6.